The summed E-state index contributed by atoms with van der Waals surface area (Å²) in [4.78, 5) is 13.4. The van der Waals surface area contributed by atoms with Crippen LogP contribution in [0.4, 0.5) is 4.79 Å². The van der Waals surface area contributed by atoms with Crippen molar-refractivity contribution in [3.05, 3.63) is 0 Å². The number of amidine groups is 1. The molecule has 4 nitrogen and oxygen atoms in total. The van der Waals surface area contributed by atoms with E-state index >= 15 is 0 Å². The summed E-state index contributed by atoms with van der Waals surface area (Å²) < 4.78 is 0. The number of nitrogens with zero attached hydrogens (tertiary/aromatic N) is 1. The number of likely N-dealkylation sites (N-methyl/N-ethyl adjacent to an activating group) is 1. The van der Waals surface area contributed by atoms with Crippen LogP contribution in [0.3, 0.4) is 0 Å². The fourth-order valence-electron chi connectivity index (χ4n) is 2.72. The van der Waals surface area contributed by atoms with E-state index in [4.69, 9.17) is 5.41 Å². The number of amides is 2. The van der Waals surface area contributed by atoms with Gasteiger partial charge in [-0.25, -0.2) is 4.79 Å². The normalized spacial score (nSPS) is 25.6. The number of carbonyl (C=O) groups is 1. The van der Waals surface area contributed by atoms with Crippen molar-refractivity contribution >= 4 is 11.9 Å². The molecule has 0 radical (unpaired) electrons. The van der Waals surface area contributed by atoms with Gasteiger partial charge in [0.2, 0.25) is 0 Å². The molecule has 1 saturated carbocycles. The van der Waals surface area contributed by atoms with Gasteiger partial charge in [0.15, 0.2) is 0 Å². The van der Waals surface area contributed by atoms with Crippen LogP contribution in [0.2, 0.25) is 0 Å². The average molecular weight is 195 g/mol. The van der Waals surface area contributed by atoms with Crippen molar-refractivity contribution in [2.75, 3.05) is 6.54 Å². The zero-order chi connectivity index (χ0) is 10.2. The lowest BCUT2D eigenvalue weighted by molar-refractivity contribution is 0.150. The first kappa shape index (κ1) is 9.49. The minimum atomic E-state index is -0.274. The van der Waals surface area contributed by atoms with E-state index in [1.165, 1.54) is 6.42 Å². The first-order valence-electron chi connectivity index (χ1n) is 5.38. The Morgan fingerprint density at radius 2 is 2.07 bits per heavy atom. The van der Waals surface area contributed by atoms with Gasteiger partial charge < -0.3 is 4.90 Å². The van der Waals surface area contributed by atoms with Gasteiger partial charge in [0, 0.05) is 6.54 Å². The second kappa shape index (κ2) is 3.26. The molecule has 1 aliphatic carbocycles. The summed E-state index contributed by atoms with van der Waals surface area (Å²) in [5.41, 5.74) is -0.274. The lowest BCUT2D eigenvalue weighted by atomic mass is 9.80. The fraction of sp³-hybridized carbons (Fsp3) is 0.800. The van der Waals surface area contributed by atoms with Crippen LogP contribution in [0.15, 0.2) is 0 Å². The summed E-state index contributed by atoms with van der Waals surface area (Å²) in [6.07, 6.45) is 5.42. The van der Waals surface area contributed by atoms with E-state index in [1.54, 1.807) is 0 Å². The quantitative estimate of drug-likeness (QED) is 0.657. The lowest BCUT2D eigenvalue weighted by Crippen LogP contribution is -2.50. The highest BCUT2D eigenvalue weighted by Crippen LogP contribution is 2.36. The van der Waals surface area contributed by atoms with Gasteiger partial charge >= 0.3 is 6.03 Å². The molecule has 0 aromatic carbocycles. The third-order valence-electron chi connectivity index (χ3n) is 3.46. The van der Waals surface area contributed by atoms with Crippen molar-refractivity contribution in [2.45, 2.75) is 44.6 Å². The van der Waals surface area contributed by atoms with E-state index in [-0.39, 0.29) is 11.6 Å². The van der Waals surface area contributed by atoms with Gasteiger partial charge in [0.05, 0.1) is 0 Å². The second-order valence-electron chi connectivity index (χ2n) is 4.14. The molecule has 4 heteroatoms. The molecular weight excluding hydrogens is 178 g/mol. The third-order valence-corrected chi connectivity index (χ3v) is 3.46. The fourth-order valence-corrected chi connectivity index (χ4v) is 2.72. The Hall–Kier alpha value is -1.06. The highest BCUT2D eigenvalue weighted by molar-refractivity contribution is 6.08. The van der Waals surface area contributed by atoms with Gasteiger partial charge in [-0.2, -0.15) is 0 Å². The minimum absolute atomic E-state index is 0.0839. The lowest BCUT2D eigenvalue weighted by Gasteiger charge is -2.39. The Labute approximate surface area is 84.2 Å². The van der Waals surface area contributed by atoms with Crippen molar-refractivity contribution in [3.8, 4) is 0 Å². The third kappa shape index (κ3) is 1.13. The van der Waals surface area contributed by atoms with Crippen LogP contribution in [0.1, 0.15) is 39.0 Å². The maximum absolute atomic E-state index is 11.6. The molecule has 2 amide bonds. The standard InChI is InChI=1S/C10H17N3O/c1-2-13-9(14)12-8(11)10(13)6-4-3-5-7-10/h2-7H2,1H3,(H2,11,12,14). The molecule has 2 N–H and O–H groups in total. The molecule has 14 heavy (non-hydrogen) atoms. The van der Waals surface area contributed by atoms with Crippen LogP contribution in [-0.4, -0.2) is 28.9 Å². The van der Waals surface area contributed by atoms with Crippen molar-refractivity contribution < 1.29 is 4.79 Å². The van der Waals surface area contributed by atoms with Crippen LogP contribution in [-0.2, 0) is 0 Å². The molecule has 2 fully saturated rings. The Morgan fingerprint density at radius 1 is 1.43 bits per heavy atom. The summed E-state index contributed by atoms with van der Waals surface area (Å²) in [6, 6.07) is -0.0839. The van der Waals surface area contributed by atoms with Gasteiger partial charge in [0.1, 0.15) is 11.4 Å². The smallest absolute Gasteiger partial charge is 0.312 e. The van der Waals surface area contributed by atoms with Crippen LogP contribution in [0.25, 0.3) is 0 Å². The molecule has 1 spiro atoms. The molecule has 0 aromatic heterocycles. The van der Waals surface area contributed by atoms with E-state index < -0.39 is 0 Å². The molecule has 2 aliphatic rings. The van der Waals surface area contributed by atoms with E-state index in [9.17, 15) is 4.79 Å². The zero-order valence-corrected chi connectivity index (χ0v) is 8.60. The maximum atomic E-state index is 11.6. The molecule has 1 saturated heterocycles. The minimum Gasteiger partial charge on any atom is -0.312 e. The SMILES string of the molecule is CCN1C(=O)NC(=N)C12CCCCC2. The average Bonchev–Trinajstić information content (AvgIpc) is 2.40. The number of rotatable bonds is 1. The van der Waals surface area contributed by atoms with Crippen LogP contribution >= 0.6 is 0 Å². The molecule has 1 aliphatic heterocycles. The first-order chi connectivity index (χ1) is 6.70. The summed E-state index contributed by atoms with van der Waals surface area (Å²) in [7, 11) is 0. The predicted octanol–water partition coefficient (Wildman–Crippen LogP) is 1.71. The summed E-state index contributed by atoms with van der Waals surface area (Å²) in [5, 5.41) is 10.5. The molecule has 2 rings (SSSR count). The van der Waals surface area contributed by atoms with Crippen molar-refractivity contribution in [2.24, 2.45) is 0 Å². The van der Waals surface area contributed by atoms with Crippen LogP contribution in [0, 0.1) is 5.41 Å². The Kier molecular flexibility index (Phi) is 2.21. The number of carbonyl (C=O) groups excluding carboxylic acids is 1. The highest BCUT2D eigenvalue weighted by atomic mass is 16.2. The Bertz CT molecular complexity index is 269. The van der Waals surface area contributed by atoms with Gasteiger partial charge in [-0.05, 0) is 19.8 Å². The van der Waals surface area contributed by atoms with Crippen LogP contribution < -0.4 is 5.32 Å². The van der Waals surface area contributed by atoms with Gasteiger partial charge in [0.25, 0.3) is 0 Å². The highest BCUT2D eigenvalue weighted by Gasteiger charge is 2.49. The Morgan fingerprint density at radius 3 is 2.64 bits per heavy atom. The molecule has 0 bridgehead atoms. The van der Waals surface area contributed by atoms with Crippen molar-refractivity contribution in [3.63, 3.8) is 0 Å². The monoisotopic (exact) mass is 195 g/mol. The molecule has 1 heterocycles. The number of hydrogen-bond acceptors (Lipinski definition) is 2. The van der Waals surface area contributed by atoms with Gasteiger partial charge in [-0.3, -0.25) is 10.7 Å². The Balaban J connectivity index is 2.29. The van der Waals surface area contributed by atoms with Crippen molar-refractivity contribution in [1.82, 2.24) is 10.2 Å². The zero-order valence-electron chi connectivity index (χ0n) is 8.60. The number of urea groups is 1. The molecule has 78 valence electrons. The maximum Gasteiger partial charge on any atom is 0.323 e. The van der Waals surface area contributed by atoms with E-state index in [0.717, 1.165) is 25.7 Å². The number of nitrogens with one attached hydrogen (secondary N) is 2. The first-order valence-corrected chi connectivity index (χ1v) is 5.38. The van der Waals surface area contributed by atoms with Crippen molar-refractivity contribution in [1.29, 1.82) is 5.41 Å². The van der Waals surface area contributed by atoms with Crippen LogP contribution in [0.5, 0.6) is 0 Å². The molecule has 0 unspecified atom stereocenters. The van der Waals surface area contributed by atoms with Gasteiger partial charge in [-0.1, -0.05) is 19.3 Å². The number of hydrogen-bond donors (Lipinski definition) is 2. The predicted molar refractivity (Wildman–Crippen MR) is 54.5 cm³/mol. The van der Waals surface area contributed by atoms with E-state index in [1.807, 2.05) is 11.8 Å². The van der Waals surface area contributed by atoms with Gasteiger partial charge in [-0.15, -0.1) is 0 Å². The molecular formula is C10H17N3O. The van der Waals surface area contributed by atoms with E-state index in [0.29, 0.717) is 12.4 Å². The summed E-state index contributed by atoms with van der Waals surface area (Å²) >= 11 is 0. The summed E-state index contributed by atoms with van der Waals surface area (Å²) in [5.74, 6) is 0.420. The summed E-state index contributed by atoms with van der Waals surface area (Å²) in [6.45, 7) is 2.68. The second-order valence-corrected chi connectivity index (χ2v) is 4.14. The molecule has 0 aromatic rings. The topological polar surface area (TPSA) is 56.2 Å². The van der Waals surface area contributed by atoms with E-state index in [2.05, 4.69) is 5.32 Å². The largest absolute Gasteiger partial charge is 0.323 e. The molecule has 0 atom stereocenters.